The van der Waals surface area contributed by atoms with Gasteiger partial charge in [0.15, 0.2) is 5.13 Å². The minimum Gasteiger partial charge on any atom is -0.325 e. The lowest BCUT2D eigenvalue weighted by Crippen LogP contribution is -2.55. The van der Waals surface area contributed by atoms with Crippen molar-refractivity contribution in [3.8, 4) is 0 Å². The van der Waals surface area contributed by atoms with Gasteiger partial charge in [-0.15, -0.1) is 0 Å². The highest BCUT2D eigenvalue weighted by Gasteiger charge is 2.35. The number of rotatable bonds is 5. The lowest BCUT2D eigenvalue weighted by molar-refractivity contribution is 0.0869. The molecule has 1 aliphatic carbocycles. The number of carbonyl (C=O) groups is 2. The monoisotopic (exact) mass is 441 g/mol. The molecule has 1 N–H and O–H groups in total. The number of hydrogen-bond donors (Lipinski definition) is 1. The number of nitrogens with zero attached hydrogens (tertiary/aromatic N) is 4. The SMILES string of the molecule is CCN(CC)C(=O)N1CCC(N(C(=O)Nc2ncc(Cl)s2)C2CCCCC2)CC1. The van der Waals surface area contributed by atoms with Crippen molar-refractivity contribution >= 4 is 40.1 Å². The van der Waals surface area contributed by atoms with Crippen molar-refractivity contribution < 1.29 is 9.59 Å². The maximum atomic E-state index is 13.2. The van der Waals surface area contributed by atoms with E-state index in [4.69, 9.17) is 11.6 Å². The normalized spacial score (nSPS) is 18.5. The Morgan fingerprint density at radius 3 is 2.31 bits per heavy atom. The van der Waals surface area contributed by atoms with E-state index in [9.17, 15) is 9.59 Å². The number of urea groups is 2. The van der Waals surface area contributed by atoms with Crippen LogP contribution in [0.15, 0.2) is 6.20 Å². The number of piperidine rings is 1. The fourth-order valence-corrected chi connectivity index (χ4v) is 5.29. The summed E-state index contributed by atoms with van der Waals surface area (Å²) >= 11 is 7.24. The number of hydrogen-bond acceptors (Lipinski definition) is 4. The first-order valence-electron chi connectivity index (χ1n) is 10.8. The molecule has 7 nitrogen and oxygen atoms in total. The lowest BCUT2D eigenvalue weighted by atomic mass is 9.91. The largest absolute Gasteiger partial charge is 0.325 e. The summed E-state index contributed by atoms with van der Waals surface area (Å²) in [6.45, 7) is 6.85. The van der Waals surface area contributed by atoms with Crippen molar-refractivity contribution in [3.05, 3.63) is 10.5 Å². The number of likely N-dealkylation sites (tertiary alicyclic amines) is 1. The summed E-state index contributed by atoms with van der Waals surface area (Å²) < 4.78 is 0.563. The highest BCUT2D eigenvalue weighted by Crippen LogP contribution is 2.30. The molecule has 29 heavy (non-hydrogen) atoms. The van der Waals surface area contributed by atoms with E-state index in [1.165, 1.54) is 17.8 Å². The highest BCUT2D eigenvalue weighted by molar-refractivity contribution is 7.19. The fraction of sp³-hybridized carbons (Fsp3) is 0.750. The van der Waals surface area contributed by atoms with Crippen LogP contribution in [-0.2, 0) is 0 Å². The molecule has 1 aromatic rings. The standard InChI is InChI=1S/C20H32ClN5O2S/c1-3-24(4-2)20(28)25-12-10-16(11-13-25)26(15-8-6-5-7-9-15)19(27)23-18-22-14-17(21)29-18/h14-16H,3-13H2,1-2H3,(H,22,23,27). The molecular weight excluding hydrogens is 410 g/mol. The van der Waals surface area contributed by atoms with Crippen LogP contribution in [-0.4, -0.2) is 70.0 Å². The van der Waals surface area contributed by atoms with Crippen LogP contribution in [0.25, 0.3) is 0 Å². The molecule has 9 heteroatoms. The molecule has 1 saturated heterocycles. The van der Waals surface area contributed by atoms with Gasteiger partial charge in [0.2, 0.25) is 0 Å². The topological polar surface area (TPSA) is 68.8 Å². The Bertz CT molecular complexity index is 682. The van der Waals surface area contributed by atoms with Gasteiger partial charge >= 0.3 is 12.1 Å². The van der Waals surface area contributed by atoms with Crippen LogP contribution >= 0.6 is 22.9 Å². The van der Waals surface area contributed by atoms with E-state index < -0.39 is 0 Å². The minimum atomic E-state index is -0.0866. The lowest BCUT2D eigenvalue weighted by Gasteiger charge is -2.44. The second kappa shape index (κ2) is 10.5. The van der Waals surface area contributed by atoms with E-state index in [-0.39, 0.29) is 24.1 Å². The summed E-state index contributed by atoms with van der Waals surface area (Å²) in [5, 5.41) is 3.49. The van der Waals surface area contributed by atoms with Crippen LogP contribution in [0.1, 0.15) is 58.8 Å². The van der Waals surface area contributed by atoms with Gasteiger partial charge in [0.1, 0.15) is 4.34 Å². The van der Waals surface area contributed by atoms with E-state index in [0.29, 0.717) is 22.6 Å². The molecule has 2 heterocycles. The first-order chi connectivity index (χ1) is 14.0. The fourth-order valence-electron chi connectivity index (χ4n) is 4.49. The zero-order valence-electron chi connectivity index (χ0n) is 17.4. The predicted octanol–water partition coefficient (Wildman–Crippen LogP) is 4.89. The van der Waals surface area contributed by atoms with Gasteiger partial charge in [-0.05, 0) is 39.5 Å². The van der Waals surface area contributed by atoms with Crippen LogP contribution < -0.4 is 5.32 Å². The molecule has 0 bridgehead atoms. The summed E-state index contributed by atoms with van der Waals surface area (Å²) in [4.78, 5) is 35.9. The van der Waals surface area contributed by atoms with Crippen LogP contribution in [0.2, 0.25) is 4.34 Å². The average Bonchev–Trinajstić information content (AvgIpc) is 3.15. The van der Waals surface area contributed by atoms with E-state index in [1.54, 1.807) is 6.20 Å². The quantitative estimate of drug-likeness (QED) is 0.707. The molecule has 0 radical (unpaired) electrons. The number of anilines is 1. The Balaban J connectivity index is 1.66. The van der Waals surface area contributed by atoms with Crippen molar-refractivity contribution in [1.29, 1.82) is 0 Å². The Hall–Kier alpha value is -1.54. The molecule has 0 spiro atoms. The Morgan fingerprint density at radius 1 is 1.14 bits per heavy atom. The van der Waals surface area contributed by atoms with Gasteiger partial charge in [-0.3, -0.25) is 5.32 Å². The Kier molecular flexibility index (Phi) is 8.00. The van der Waals surface area contributed by atoms with Gasteiger partial charge in [-0.2, -0.15) is 0 Å². The highest BCUT2D eigenvalue weighted by atomic mass is 35.5. The summed E-state index contributed by atoms with van der Waals surface area (Å²) in [5.74, 6) is 0. The number of halogens is 1. The first kappa shape index (κ1) is 22.2. The smallest absolute Gasteiger partial charge is 0.324 e. The second-order valence-corrected chi connectivity index (χ2v) is 9.43. The van der Waals surface area contributed by atoms with Gasteiger partial charge in [0.25, 0.3) is 0 Å². The van der Waals surface area contributed by atoms with Crippen LogP contribution in [0, 0.1) is 0 Å². The van der Waals surface area contributed by atoms with Crippen LogP contribution in [0.4, 0.5) is 14.7 Å². The molecular formula is C20H32ClN5O2S. The minimum absolute atomic E-state index is 0.0866. The maximum absolute atomic E-state index is 13.2. The van der Waals surface area contributed by atoms with Crippen molar-refractivity contribution in [3.63, 3.8) is 0 Å². The van der Waals surface area contributed by atoms with Gasteiger partial charge in [0, 0.05) is 38.3 Å². The first-order valence-corrected chi connectivity index (χ1v) is 12.0. The van der Waals surface area contributed by atoms with Gasteiger partial charge in [-0.25, -0.2) is 14.6 Å². The van der Waals surface area contributed by atoms with Crippen molar-refractivity contribution in [2.24, 2.45) is 0 Å². The second-order valence-electron chi connectivity index (χ2n) is 7.77. The number of nitrogens with one attached hydrogen (secondary N) is 1. The molecule has 0 unspecified atom stereocenters. The Morgan fingerprint density at radius 2 is 1.76 bits per heavy atom. The molecule has 0 atom stereocenters. The zero-order valence-corrected chi connectivity index (χ0v) is 19.0. The van der Waals surface area contributed by atoms with Crippen molar-refractivity contribution in [1.82, 2.24) is 19.7 Å². The van der Waals surface area contributed by atoms with E-state index in [1.807, 2.05) is 28.5 Å². The number of aromatic nitrogens is 1. The Labute approximate surface area is 182 Å². The number of amides is 4. The van der Waals surface area contributed by atoms with Gasteiger partial charge < -0.3 is 14.7 Å². The third kappa shape index (κ3) is 5.54. The maximum Gasteiger partial charge on any atom is 0.324 e. The zero-order chi connectivity index (χ0) is 20.8. The summed E-state index contributed by atoms with van der Waals surface area (Å²) in [6, 6.07) is 0.430. The third-order valence-corrected chi connectivity index (χ3v) is 7.09. The molecule has 1 aliphatic heterocycles. The van der Waals surface area contributed by atoms with Crippen molar-refractivity contribution in [2.75, 3.05) is 31.5 Å². The average molecular weight is 442 g/mol. The van der Waals surface area contributed by atoms with Gasteiger partial charge in [0.05, 0.1) is 6.20 Å². The summed E-state index contributed by atoms with van der Waals surface area (Å²) in [7, 11) is 0. The summed E-state index contributed by atoms with van der Waals surface area (Å²) in [6.07, 6.45) is 8.85. The van der Waals surface area contributed by atoms with E-state index in [2.05, 4.69) is 10.3 Å². The van der Waals surface area contributed by atoms with Crippen LogP contribution in [0.5, 0.6) is 0 Å². The third-order valence-electron chi connectivity index (χ3n) is 6.06. The number of thiazole rings is 1. The van der Waals surface area contributed by atoms with E-state index >= 15 is 0 Å². The van der Waals surface area contributed by atoms with Crippen LogP contribution in [0.3, 0.4) is 0 Å². The molecule has 4 amide bonds. The molecule has 3 rings (SSSR count). The molecule has 2 fully saturated rings. The van der Waals surface area contributed by atoms with Gasteiger partial charge in [-0.1, -0.05) is 42.2 Å². The molecule has 1 saturated carbocycles. The predicted molar refractivity (Wildman–Crippen MR) is 118 cm³/mol. The van der Waals surface area contributed by atoms with Crippen molar-refractivity contribution in [2.45, 2.75) is 70.9 Å². The number of carbonyl (C=O) groups excluding carboxylic acids is 2. The molecule has 1 aromatic heterocycles. The molecule has 2 aliphatic rings. The molecule has 0 aromatic carbocycles. The summed E-state index contributed by atoms with van der Waals surface area (Å²) in [5.41, 5.74) is 0. The van der Waals surface area contributed by atoms with E-state index in [0.717, 1.165) is 51.6 Å². The molecule has 162 valence electrons.